The highest BCUT2D eigenvalue weighted by Gasteiger charge is 2.16. The van der Waals surface area contributed by atoms with Crippen LogP contribution >= 0.6 is 0 Å². The zero-order chi connectivity index (χ0) is 11.4. The topological polar surface area (TPSA) is 39.1 Å². The van der Waals surface area contributed by atoms with Crippen LogP contribution in [0.2, 0.25) is 0 Å². The van der Waals surface area contributed by atoms with Gasteiger partial charge in [0.05, 0.1) is 12.6 Å². The van der Waals surface area contributed by atoms with Gasteiger partial charge in [-0.1, -0.05) is 12.8 Å². The molecule has 2 rings (SSSR count). The molecule has 1 atom stereocenters. The average Bonchev–Trinajstić information content (AvgIpc) is 2.92. The van der Waals surface area contributed by atoms with Crippen molar-refractivity contribution in [3.05, 3.63) is 12.4 Å². The Morgan fingerprint density at radius 3 is 3.00 bits per heavy atom. The standard InChI is InChI=1S/C12H21N3O/c1-10(16-2)9-15-8-7-13-12(15)14-11-5-3-4-6-11/h7-8,10-11H,3-6,9H2,1-2H3,(H,13,14). The summed E-state index contributed by atoms with van der Waals surface area (Å²) in [4.78, 5) is 4.36. The van der Waals surface area contributed by atoms with Crippen molar-refractivity contribution in [3.63, 3.8) is 0 Å². The minimum atomic E-state index is 0.221. The van der Waals surface area contributed by atoms with Gasteiger partial charge in [-0.05, 0) is 19.8 Å². The predicted molar refractivity (Wildman–Crippen MR) is 64.6 cm³/mol. The number of rotatable bonds is 5. The Hall–Kier alpha value is -1.03. The first-order chi connectivity index (χ1) is 7.79. The lowest BCUT2D eigenvalue weighted by molar-refractivity contribution is 0.104. The maximum absolute atomic E-state index is 5.27. The van der Waals surface area contributed by atoms with Crippen molar-refractivity contribution in [3.8, 4) is 0 Å². The maximum Gasteiger partial charge on any atom is 0.203 e. The molecule has 1 aromatic heterocycles. The summed E-state index contributed by atoms with van der Waals surface area (Å²) in [5.41, 5.74) is 0. The Balaban J connectivity index is 1.95. The van der Waals surface area contributed by atoms with Gasteiger partial charge in [0.15, 0.2) is 0 Å². The summed E-state index contributed by atoms with van der Waals surface area (Å²) in [6.45, 7) is 2.92. The molecule has 1 aliphatic carbocycles. The molecule has 16 heavy (non-hydrogen) atoms. The summed E-state index contributed by atoms with van der Waals surface area (Å²) in [5, 5.41) is 3.52. The van der Waals surface area contributed by atoms with E-state index < -0.39 is 0 Å². The van der Waals surface area contributed by atoms with Crippen LogP contribution in [0, 0.1) is 0 Å². The van der Waals surface area contributed by atoms with Gasteiger partial charge in [0.25, 0.3) is 0 Å². The lowest BCUT2D eigenvalue weighted by atomic mass is 10.2. The van der Waals surface area contributed by atoms with E-state index in [-0.39, 0.29) is 6.10 Å². The largest absolute Gasteiger partial charge is 0.380 e. The molecule has 1 heterocycles. The smallest absolute Gasteiger partial charge is 0.203 e. The Labute approximate surface area is 97.0 Å². The molecule has 1 aromatic rings. The number of imidazole rings is 1. The Morgan fingerprint density at radius 1 is 1.56 bits per heavy atom. The number of ether oxygens (including phenoxy) is 1. The van der Waals surface area contributed by atoms with Crippen LogP contribution in [0.4, 0.5) is 5.95 Å². The van der Waals surface area contributed by atoms with E-state index in [2.05, 4.69) is 21.8 Å². The summed E-state index contributed by atoms with van der Waals surface area (Å²) in [5.74, 6) is 0.982. The van der Waals surface area contributed by atoms with E-state index in [1.165, 1.54) is 25.7 Å². The highest BCUT2D eigenvalue weighted by Crippen LogP contribution is 2.21. The van der Waals surface area contributed by atoms with Crippen LogP contribution in [0.5, 0.6) is 0 Å². The lowest BCUT2D eigenvalue weighted by Gasteiger charge is -2.16. The molecule has 0 aromatic carbocycles. The summed E-state index contributed by atoms with van der Waals surface area (Å²) >= 11 is 0. The molecule has 4 heteroatoms. The van der Waals surface area contributed by atoms with Gasteiger partial charge < -0.3 is 14.6 Å². The second-order valence-corrected chi connectivity index (χ2v) is 4.58. The van der Waals surface area contributed by atoms with Gasteiger partial charge in [0.2, 0.25) is 5.95 Å². The summed E-state index contributed by atoms with van der Waals surface area (Å²) in [6.07, 6.45) is 9.30. The van der Waals surface area contributed by atoms with Gasteiger partial charge in [-0.25, -0.2) is 4.98 Å². The highest BCUT2D eigenvalue weighted by molar-refractivity contribution is 5.28. The van der Waals surface area contributed by atoms with Crippen molar-refractivity contribution in [2.75, 3.05) is 12.4 Å². The SMILES string of the molecule is COC(C)Cn1ccnc1NC1CCCC1. The van der Waals surface area contributed by atoms with Crippen LogP contribution in [-0.2, 0) is 11.3 Å². The van der Waals surface area contributed by atoms with E-state index in [1.807, 2.05) is 12.4 Å². The third-order valence-electron chi connectivity index (χ3n) is 3.26. The van der Waals surface area contributed by atoms with Crippen molar-refractivity contribution in [1.29, 1.82) is 0 Å². The van der Waals surface area contributed by atoms with E-state index in [0.717, 1.165) is 12.5 Å². The van der Waals surface area contributed by atoms with Crippen LogP contribution < -0.4 is 5.32 Å². The monoisotopic (exact) mass is 223 g/mol. The molecule has 4 nitrogen and oxygen atoms in total. The molecular formula is C12H21N3O. The minimum Gasteiger partial charge on any atom is -0.380 e. The Kier molecular flexibility index (Phi) is 3.83. The van der Waals surface area contributed by atoms with E-state index in [4.69, 9.17) is 4.74 Å². The molecule has 1 N–H and O–H groups in total. The van der Waals surface area contributed by atoms with Crippen molar-refractivity contribution >= 4 is 5.95 Å². The van der Waals surface area contributed by atoms with Crippen LogP contribution in [0.1, 0.15) is 32.6 Å². The molecule has 0 spiro atoms. The average molecular weight is 223 g/mol. The van der Waals surface area contributed by atoms with E-state index in [9.17, 15) is 0 Å². The fourth-order valence-corrected chi connectivity index (χ4v) is 2.20. The summed E-state index contributed by atoms with van der Waals surface area (Å²) in [6, 6.07) is 0.610. The summed E-state index contributed by atoms with van der Waals surface area (Å²) in [7, 11) is 1.74. The highest BCUT2D eigenvalue weighted by atomic mass is 16.5. The van der Waals surface area contributed by atoms with Gasteiger partial charge in [-0.2, -0.15) is 0 Å². The van der Waals surface area contributed by atoms with Crippen molar-refractivity contribution in [2.45, 2.75) is 51.3 Å². The van der Waals surface area contributed by atoms with Gasteiger partial charge in [0.1, 0.15) is 0 Å². The number of nitrogens with zero attached hydrogens (tertiary/aromatic N) is 2. The third-order valence-corrected chi connectivity index (χ3v) is 3.26. The molecule has 0 bridgehead atoms. The van der Waals surface area contributed by atoms with Crippen molar-refractivity contribution in [1.82, 2.24) is 9.55 Å². The van der Waals surface area contributed by atoms with Crippen LogP contribution in [-0.4, -0.2) is 28.8 Å². The molecule has 1 saturated carbocycles. The molecule has 0 aliphatic heterocycles. The number of methoxy groups -OCH3 is 1. The number of hydrogen-bond donors (Lipinski definition) is 1. The number of aromatic nitrogens is 2. The van der Waals surface area contributed by atoms with E-state index in [0.29, 0.717) is 6.04 Å². The molecule has 1 fully saturated rings. The van der Waals surface area contributed by atoms with E-state index >= 15 is 0 Å². The number of hydrogen-bond acceptors (Lipinski definition) is 3. The lowest BCUT2D eigenvalue weighted by Crippen LogP contribution is -2.21. The zero-order valence-electron chi connectivity index (χ0n) is 10.1. The predicted octanol–water partition coefficient (Wildman–Crippen LogP) is 2.27. The first kappa shape index (κ1) is 11.5. The van der Waals surface area contributed by atoms with Crippen molar-refractivity contribution < 1.29 is 4.74 Å². The normalized spacial score (nSPS) is 18.9. The number of anilines is 1. The van der Waals surface area contributed by atoms with Crippen molar-refractivity contribution in [2.24, 2.45) is 0 Å². The fraction of sp³-hybridized carbons (Fsp3) is 0.750. The Bertz CT molecular complexity index is 318. The van der Waals surface area contributed by atoms with E-state index in [1.54, 1.807) is 7.11 Å². The first-order valence-electron chi connectivity index (χ1n) is 6.10. The quantitative estimate of drug-likeness (QED) is 0.832. The van der Waals surface area contributed by atoms with Crippen LogP contribution in [0.15, 0.2) is 12.4 Å². The maximum atomic E-state index is 5.27. The Morgan fingerprint density at radius 2 is 2.31 bits per heavy atom. The third kappa shape index (κ3) is 2.76. The molecule has 0 saturated heterocycles. The molecule has 0 amide bonds. The fourth-order valence-electron chi connectivity index (χ4n) is 2.20. The van der Waals surface area contributed by atoms with Gasteiger partial charge in [-0.3, -0.25) is 0 Å². The van der Waals surface area contributed by atoms with Gasteiger partial charge >= 0.3 is 0 Å². The zero-order valence-corrected chi connectivity index (χ0v) is 10.1. The number of nitrogens with one attached hydrogen (secondary N) is 1. The second-order valence-electron chi connectivity index (χ2n) is 4.58. The van der Waals surface area contributed by atoms with Gasteiger partial charge in [0, 0.05) is 25.5 Å². The molecule has 1 unspecified atom stereocenters. The molecule has 0 radical (unpaired) electrons. The second kappa shape index (κ2) is 5.34. The van der Waals surface area contributed by atoms with Crippen LogP contribution in [0.25, 0.3) is 0 Å². The molecule has 90 valence electrons. The summed E-state index contributed by atoms with van der Waals surface area (Å²) < 4.78 is 7.40. The van der Waals surface area contributed by atoms with Gasteiger partial charge in [-0.15, -0.1) is 0 Å². The van der Waals surface area contributed by atoms with Crippen LogP contribution in [0.3, 0.4) is 0 Å². The minimum absolute atomic E-state index is 0.221. The molecule has 1 aliphatic rings. The molecular weight excluding hydrogens is 202 g/mol. The first-order valence-corrected chi connectivity index (χ1v) is 6.10.